The van der Waals surface area contributed by atoms with E-state index in [1.165, 1.54) is 10.9 Å². The molecule has 116 valence electrons. The molecule has 0 unspecified atom stereocenters. The smallest absolute Gasteiger partial charge is 0.251 e. The maximum absolute atomic E-state index is 12.3. The minimum atomic E-state index is -0.544. The van der Waals surface area contributed by atoms with Crippen molar-refractivity contribution in [2.75, 3.05) is 0 Å². The zero-order valence-corrected chi connectivity index (χ0v) is 12.9. The minimum Gasteiger partial charge on any atom is -0.503 e. The fourth-order valence-electron chi connectivity index (χ4n) is 2.32. The Morgan fingerprint density at radius 1 is 1.26 bits per heavy atom. The molecular formula is C17H16N4O2. The molecule has 0 aliphatic heterocycles. The molecule has 1 N–H and O–H groups in total. The van der Waals surface area contributed by atoms with Crippen LogP contribution in [0.25, 0.3) is 22.8 Å². The fraction of sp³-hybridized carbons (Fsp3) is 0.118. The van der Waals surface area contributed by atoms with Crippen molar-refractivity contribution < 1.29 is 5.11 Å². The number of nitrogens with zero attached hydrogens (tertiary/aromatic N) is 4. The SMILES string of the molecule is C=C(C)n1cc(O)c(=O)c(-c2ccnn2-c2ccccc2C)n1. The van der Waals surface area contributed by atoms with Crippen molar-refractivity contribution in [2.45, 2.75) is 13.8 Å². The number of hydrogen-bond donors (Lipinski definition) is 1. The van der Waals surface area contributed by atoms with Gasteiger partial charge in [0.25, 0.3) is 5.43 Å². The quantitative estimate of drug-likeness (QED) is 0.807. The number of para-hydroxylation sites is 1. The first kappa shape index (κ1) is 14.8. The van der Waals surface area contributed by atoms with Gasteiger partial charge in [-0.1, -0.05) is 24.8 Å². The molecule has 0 bridgehead atoms. The molecule has 0 atom stereocenters. The molecule has 23 heavy (non-hydrogen) atoms. The first-order chi connectivity index (χ1) is 11.0. The summed E-state index contributed by atoms with van der Waals surface area (Å²) in [5.74, 6) is -0.379. The lowest BCUT2D eigenvalue weighted by molar-refractivity contribution is 0.462. The Kier molecular flexibility index (Phi) is 3.57. The van der Waals surface area contributed by atoms with Gasteiger partial charge < -0.3 is 5.11 Å². The fourth-order valence-corrected chi connectivity index (χ4v) is 2.32. The molecule has 2 aromatic heterocycles. The Balaban J connectivity index is 2.26. The lowest BCUT2D eigenvalue weighted by atomic mass is 10.2. The van der Waals surface area contributed by atoms with Crippen LogP contribution in [0.4, 0.5) is 0 Å². The highest BCUT2D eigenvalue weighted by Gasteiger charge is 2.17. The summed E-state index contributed by atoms with van der Waals surface area (Å²) in [4.78, 5) is 12.3. The summed E-state index contributed by atoms with van der Waals surface area (Å²) < 4.78 is 3.02. The molecule has 6 heteroatoms. The number of rotatable bonds is 3. The third kappa shape index (κ3) is 2.55. The topological polar surface area (TPSA) is 72.9 Å². The van der Waals surface area contributed by atoms with E-state index in [1.54, 1.807) is 23.9 Å². The maximum Gasteiger partial charge on any atom is 0.251 e. The highest BCUT2D eigenvalue weighted by Crippen LogP contribution is 2.22. The predicted octanol–water partition coefficient (Wildman–Crippen LogP) is 2.60. The second-order valence-corrected chi connectivity index (χ2v) is 5.29. The van der Waals surface area contributed by atoms with Gasteiger partial charge in [0, 0.05) is 5.70 Å². The minimum absolute atomic E-state index is 0.119. The molecule has 0 radical (unpaired) electrons. The van der Waals surface area contributed by atoms with Gasteiger partial charge in [0.1, 0.15) is 0 Å². The van der Waals surface area contributed by atoms with Gasteiger partial charge in [-0.15, -0.1) is 0 Å². The van der Waals surface area contributed by atoms with E-state index < -0.39 is 5.43 Å². The second kappa shape index (κ2) is 5.57. The number of allylic oxidation sites excluding steroid dienone is 1. The summed E-state index contributed by atoms with van der Waals surface area (Å²) in [6.45, 7) is 7.47. The van der Waals surface area contributed by atoms with Crippen LogP contribution in [0.3, 0.4) is 0 Å². The van der Waals surface area contributed by atoms with Crippen molar-refractivity contribution in [1.29, 1.82) is 0 Å². The van der Waals surface area contributed by atoms with Crippen LogP contribution in [0, 0.1) is 6.92 Å². The molecule has 0 saturated heterocycles. The van der Waals surface area contributed by atoms with Gasteiger partial charge in [0.05, 0.1) is 23.8 Å². The van der Waals surface area contributed by atoms with Crippen molar-refractivity contribution in [1.82, 2.24) is 19.6 Å². The molecule has 0 aliphatic rings. The van der Waals surface area contributed by atoms with E-state index in [4.69, 9.17) is 0 Å². The number of hydrogen-bond acceptors (Lipinski definition) is 4. The predicted molar refractivity (Wildman–Crippen MR) is 88.5 cm³/mol. The first-order valence-electron chi connectivity index (χ1n) is 7.08. The molecule has 2 heterocycles. The Morgan fingerprint density at radius 3 is 2.70 bits per heavy atom. The van der Waals surface area contributed by atoms with Crippen LogP contribution in [0.5, 0.6) is 5.75 Å². The molecule has 0 spiro atoms. The van der Waals surface area contributed by atoms with Gasteiger partial charge in [0.15, 0.2) is 11.4 Å². The number of aromatic hydroxyl groups is 1. The van der Waals surface area contributed by atoms with Crippen LogP contribution >= 0.6 is 0 Å². The van der Waals surface area contributed by atoms with Gasteiger partial charge in [-0.25, -0.2) is 9.36 Å². The van der Waals surface area contributed by atoms with Crippen molar-refractivity contribution in [3.8, 4) is 22.8 Å². The van der Waals surface area contributed by atoms with E-state index in [1.807, 2.05) is 31.2 Å². The average Bonchev–Trinajstić information content (AvgIpc) is 2.99. The Labute approximate surface area is 132 Å². The Hall–Kier alpha value is -3.15. The zero-order chi connectivity index (χ0) is 16.6. The third-order valence-corrected chi connectivity index (χ3v) is 3.52. The summed E-state index contributed by atoms with van der Waals surface area (Å²) in [7, 11) is 0. The number of benzene rings is 1. The van der Waals surface area contributed by atoms with Crippen LogP contribution in [0.1, 0.15) is 12.5 Å². The highest BCUT2D eigenvalue weighted by atomic mass is 16.3. The van der Waals surface area contributed by atoms with Gasteiger partial charge >= 0.3 is 0 Å². The van der Waals surface area contributed by atoms with Crippen LogP contribution in [-0.2, 0) is 0 Å². The van der Waals surface area contributed by atoms with Crippen LogP contribution in [0.2, 0.25) is 0 Å². The third-order valence-electron chi connectivity index (χ3n) is 3.52. The monoisotopic (exact) mass is 308 g/mol. The van der Waals surface area contributed by atoms with Crippen molar-refractivity contribution in [2.24, 2.45) is 0 Å². The molecule has 3 aromatic rings. The van der Waals surface area contributed by atoms with E-state index in [0.717, 1.165) is 11.3 Å². The molecule has 0 amide bonds. The number of aromatic nitrogens is 4. The van der Waals surface area contributed by atoms with Gasteiger partial charge in [-0.3, -0.25) is 4.79 Å². The molecular weight excluding hydrogens is 292 g/mol. The standard InChI is InChI=1S/C17H16N4O2/c1-11(2)20-10-15(22)17(23)16(19-20)14-8-9-18-21(14)13-7-5-4-6-12(13)3/h4-10,22H,1H2,2-3H3. The molecule has 6 nitrogen and oxygen atoms in total. The lowest BCUT2D eigenvalue weighted by Gasteiger charge is -2.11. The summed E-state index contributed by atoms with van der Waals surface area (Å²) in [5.41, 5.74) is 2.53. The van der Waals surface area contributed by atoms with E-state index in [9.17, 15) is 9.90 Å². The molecule has 0 fully saturated rings. The van der Waals surface area contributed by atoms with Crippen LogP contribution in [-0.4, -0.2) is 24.7 Å². The van der Waals surface area contributed by atoms with Crippen LogP contribution in [0.15, 0.2) is 54.1 Å². The van der Waals surface area contributed by atoms with Gasteiger partial charge in [-0.05, 0) is 31.5 Å². The summed E-state index contributed by atoms with van der Waals surface area (Å²) in [5, 5.41) is 18.5. The zero-order valence-electron chi connectivity index (χ0n) is 12.9. The van der Waals surface area contributed by atoms with Crippen molar-refractivity contribution in [3.05, 3.63) is 65.1 Å². The second-order valence-electron chi connectivity index (χ2n) is 5.29. The maximum atomic E-state index is 12.3. The summed E-state index contributed by atoms with van der Waals surface area (Å²) in [6.07, 6.45) is 2.85. The molecule has 3 rings (SSSR count). The normalized spacial score (nSPS) is 10.7. The van der Waals surface area contributed by atoms with Gasteiger partial charge in [-0.2, -0.15) is 10.2 Å². The molecule has 0 saturated carbocycles. The van der Waals surface area contributed by atoms with Crippen molar-refractivity contribution in [3.63, 3.8) is 0 Å². The molecule has 0 aliphatic carbocycles. The first-order valence-corrected chi connectivity index (χ1v) is 7.08. The average molecular weight is 308 g/mol. The van der Waals surface area contributed by atoms with Crippen LogP contribution < -0.4 is 5.43 Å². The number of aryl methyl sites for hydroxylation is 1. The van der Waals surface area contributed by atoms with Crippen molar-refractivity contribution >= 4 is 5.70 Å². The van der Waals surface area contributed by atoms with E-state index >= 15 is 0 Å². The van der Waals surface area contributed by atoms with E-state index in [-0.39, 0.29) is 11.4 Å². The van der Waals surface area contributed by atoms with E-state index in [0.29, 0.717) is 11.4 Å². The summed E-state index contributed by atoms with van der Waals surface area (Å²) in [6, 6.07) is 9.39. The Bertz CT molecular complexity index is 953. The highest BCUT2D eigenvalue weighted by molar-refractivity contribution is 5.60. The van der Waals surface area contributed by atoms with Gasteiger partial charge in [0.2, 0.25) is 0 Å². The lowest BCUT2D eigenvalue weighted by Crippen LogP contribution is -2.15. The summed E-state index contributed by atoms with van der Waals surface area (Å²) >= 11 is 0. The van der Waals surface area contributed by atoms with E-state index in [2.05, 4.69) is 16.8 Å². The largest absolute Gasteiger partial charge is 0.503 e. The molecule has 1 aromatic carbocycles. The Morgan fingerprint density at radius 2 is 2.00 bits per heavy atom.